The molecule has 9 heteroatoms. The van der Waals surface area contributed by atoms with Gasteiger partial charge in [0.1, 0.15) is 6.10 Å². The number of aromatic nitrogens is 3. The molecule has 1 aliphatic rings. The molecule has 2 aromatic carbocycles. The van der Waals surface area contributed by atoms with Crippen LogP contribution in [-0.2, 0) is 25.4 Å². The second kappa shape index (κ2) is 7.56. The molecule has 168 valence electrons. The molecule has 0 fully saturated rings. The van der Waals surface area contributed by atoms with E-state index in [1.807, 2.05) is 34.9 Å². The van der Waals surface area contributed by atoms with E-state index in [9.17, 15) is 19.7 Å². The quantitative estimate of drug-likeness (QED) is 0.356. The summed E-state index contributed by atoms with van der Waals surface area (Å²) in [5.41, 5.74) is 2.80. The summed E-state index contributed by atoms with van der Waals surface area (Å²) in [5, 5.41) is 12.0. The predicted octanol–water partition coefficient (Wildman–Crippen LogP) is 3.04. The molecular formula is C24H22N4O5. The van der Waals surface area contributed by atoms with Gasteiger partial charge in [-0.05, 0) is 12.5 Å². The minimum atomic E-state index is -0.491. The maximum absolute atomic E-state index is 13.4. The maximum atomic E-state index is 13.4. The fourth-order valence-electron chi connectivity index (χ4n) is 4.72. The Morgan fingerprint density at radius 1 is 1.06 bits per heavy atom. The first-order chi connectivity index (χ1) is 15.8. The van der Waals surface area contributed by atoms with Crippen LogP contribution in [0.25, 0.3) is 22.2 Å². The van der Waals surface area contributed by atoms with Gasteiger partial charge in [-0.2, -0.15) is 0 Å². The van der Waals surface area contributed by atoms with E-state index < -0.39 is 22.3 Å². The Balaban J connectivity index is 1.95. The molecule has 0 saturated carbocycles. The molecule has 1 atom stereocenters. The van der Waals surface area contributed by atoms with Crippen LogP contribution in [0.3, 0.4) is 0 Å². The first-order valence-corrected chi connectivity index (χ1v) is 10.5. The minimum Gasteiger partial charge on any atom is -0.365 e. The molecule has 1 aliphatic heterocycles. The Bertz CT molecular complexity index is 1550. The molecule has 5 rings (SSSR count). The van der Waals surface area contributed by atoms with Crippen LogP contribution in [0.2, 0.25) is 0 Å². The molecule has 2 aromatic heterocycles. The van der Waals surface area contributed by atoms with E-state index in [4.69, 9.17) is 4.74 Å². The van der Waals surface area contributed by atoms with Crippen molar-refractivity contribution in [3.63, 3.8) is 0 Å². The van der Waals surface area contributed by atoms with Crippen molar-refractivity contribution in [2.24, 2.45) is 14.1 Å². The van der Waals surface area contributed by atoms with Gasteiger partial charge in [0.25, 0.3) is 11.2 Å². The molecule has 0 radical (unpaired) electrons. The van der Waals surface area contributed by atoms with Crippen molar-refractivity contribution in [2.75, 3.05) is 6.61 Å². The topological polar surface area (TPSA) is 101 Å². The van der Waals surface area contributed by atoms with Gasteiger partial charge in [-0.1, -0.05) is 42.5 Å². The standard InChI is InChI=1S/C24H22N4O5/c1-14-9-10-16(13-17(14)28(31)32)19-18-20(25(2)24(30)26(3)23(18)29)21-22(33-12-11-27(19)21)15-7-5-4-6-8-15/h4-10,13,22H,11-12H2,1-3H3/t22-/m0/s1. The lowest BCUT2D eigenvalue weighted by Crippen LogP contribution is -2.37. The molecule has 0 aliphatic carbocycles. The molecule has 0 bridgehead atoms. The molecule has 33 heavy (non-hydrogen) atoms. The van der Waals surface area contributed by atoms with Crippen LogP contribution in [-0.4, -0.2) is 25.2 Å². The highest BCUT2D eigenvalue weighted by molar-refractivity contribution is 5.97. The Labute approximate surface area is 188 Å². The van der Waals surface area contributed by atoms with Gasteiger partial charge in [-0.15, -0.1) is 0 Å². The Hall–Kier alpha value is -3.98. The number of hydrogen-bond acceptors (Lipinski definition) is 5. The van der Waals surface area contributed by atoms with Crippen LogP contribution >= 0.6 is 0 Å². The molecular weight excluding hydrogens is 424 g/mol. The highest BCUT2D eigenvalue weighted by atomic mass is 16.6. The number of aryl methyl sites for hydroxylation is 2. The third-order valence-corrected chi connectivity index (χ3v) is 6.33. The van der Waals surface area contributed by atoms with Crippen molar-refractivity contribution in [2.45, 2.75) is 19.6 Å². The summed E-state index contributed by atoms with van der Waals surface area (Å²) in [5.74, 6) is 0. The first-order valence-electron chi connectivity index (χ1n) is 10.5. The third kappa shape index (κ3) is 3.04. The van der Waals surface area contributed by atoms with E-state index >= 15 is 0 Å². The van der Waals surface area contributed by atoms with Crippen molar-refractivity contribution in [1.29, 1.82) is 0 Å². The van der Waals surface area contributed by atoms with Crippen molar-refractivity contribution in [3.8, 4) is 11.3 Å². The minimum absolute atomic E-state index is 0.0236. The lowest BCUT2D eigenvalue weighted by molar-refractivity contribution is -0.385. The third-order valence-electron chi connectivity index (χ3n) is 6.33. The van der Waals surface area contributed by atoms with Crippen LogP contribution in [0.15, 0.2) is 58.1 Å². The summed E-state index contributed by atoms with van der Waals surface area (Å²) in [6.45, 7) is 2.51. The van der Waals surface area contributed by atoms with Gasteiger partial charge in [-0.3, -0.25) is 24.0 Å². The van der Waals surface area contributed by atoms with Gasteiger partial charge in [0.2, 0.25) is 0 Å². The van der Waals surface area contributed by atoms with Crippen LogP contribution in [0, 0.1) is 17.0 Å². The maximum Gasteiger partial charge on any atom is 0.331 e. The van der Waals surface area contributed by atoms with Crippen LogP contribution < -0.4 is 11.2 Å². The SMILES string of the molecule is Cc1ccc(-c2c3c(=O)n(C)c(=O)n(C)c3c3n2CCO[C@H]3c2ccccc2)cc1[N+](=O)[O-]. The van der Waals surface area contributed by atoms with Crippen molar-refractivity contribution in [3.05, 3.63) is 96.3 Å². The number of nitro groups is 1. The molecule has 4 aromatic rings. The molecule has 0 amide bonds. The first kappa shape index (κ1) is 20.9. The van der Waals surface area contributed by atoms with Crippen molar-refractivity contribution < 1.29 is 9.66 Å². The average molecular weight is 446 g/mol. The highest BCUT2D eigenvalue weighted by Crippen LogP contribution is 2.41. The average Bonchev–Trinajstić information content (AvgIpc) is 3.17. The molecule has 0 unspecified atom stereocenters. The van der Waals surface area contributed by atoms with E-state index in [-0.39, 0.29) is 5.69 Å². The van der Waals surface area contributed by atoms with Crippen LogP contribution in [0.4, 0.5) is 5.69 Å². The van der Waals surface area contributed by atoms with E-state index in [1.165, 1.54) is 17.7 Å². The van der Waals surface area contributed by atoms with Crippen LogP contribution in [0.5, 0.6) is 0 Å². The number of hydrogen-bond donors (Lipinski definition) is 0. The van der Waals surface area contributed by atoms with Crippen molar-refractivity contribution >= 4 is 16.6 Å². The highest BCUT2D eigenvalue weighted by Gasteiger charge is 2.33. The number of ether oxygens (including phenoxy) is 1. The molecule has 0 N–H and O–H groups in total. The molecule has 9 nitrogen and oxygen atoms in total. The number of nitro benzene ring substituents is 1. The summed E-state index contributed by atoms with van der Waals surface area (Å²) in [6, 6.07) is 14.6. The lowest BCUT2D eigenvalue weighted by Gasteiger charge is -2.27. The van der Waals surface area contributed by atoms with E-state index in [0.717, 1.165) is 10.1 Å². The van der Waals surface area contributed by atoms with Gasteiger partial charge in [0, 0.05) is 37.8 Å². The lowest BCUT2D eigenvalue weighted by atomic mass is 10.0. The number of fused-ring (bicyclic) bond motifs is 3. The fourth-order valence-corrected chi connectivity index (χ4v) is 4.72. The molecule has 0 saturated heterocycles. The normalized spacial score (nSPS) is 15.5. The smallest absolute Gasteiger partial charge is 0.331 e. The summed E-state index contributed by atoms with van der Waals surface area (Å²) in [4.78, 5) is 37.5. The summed E-state index contributed by atoms with van der Waals surface area (Å²) in [7, 11) is 3.07. The van der Waals surface area contributed by atoms with Gasteiger partial charge < -0.3 is 9.30 Å². The molecule has 0 spiro atoms. The van der Waals surface area contributed by atoms with E-state index in [2.05, 4.69) is 0 Å². The van der Waals surface area contributed by atoms with Gasteiger partial charge in [0.05, 0.1) is 33.8 Å². The zero-order valence-corrected chi connectivity index (χ0v) is 18.4. The number of benzene rings is 2. The predicted molar refractivity (Wildman–Crippen MR) is 123 cm³/mol. The monoisotopic (exact) mass is 446 g/mol. The molecule has 3 heterocycles. The van der Waals surface area contributed by atoms with Crippen LogP contribution in [0.1, 0.15) is 22.9 Å². The van der Waals surface area contributed by atoms with E-state index in [1.54, 1.807) is 26.1 Å². The Morgan fingerprint density at radius 2 is 1.79 bits per heavy atom. The van der Waals surface area contributed by atoms with Gasteiger partial charge in [-0.25, -0.2) is 4.79 Å². The number of rotatable bonds is 3. The second-order valence-electron chi connectivity index (χ2n) is 8.23. The summed E-state index contributed by atoms with van der Waals surface area (Å²) < 4.78 is 10.6. The zero-order chi connectivity index (χ0) is 23.4. The second-order valence-corrected chi connectivity index (χ2v) is 8.23. The van der Waals surface area contributed by atoms with Crippen molar-refractivity contribution in [1.82, 2.24) is 13.7 Å². The summed E-state index contributed by atoms with van der Waals surface area (Å²) in [6.07, 6.45) is -0.491. The zero-order valence-electron chi connectivity index (χ0n) is 18.4. The largest absolute Gasteiger partial charge is 0.365 e. The van der Waals surface area contributed by atoms with Gasteiger partial charge in [0.15, 0.2) is 0 Å². The fraction of sp³-hybridized carbons (Fsp3) is 0.250. The number of nitrogens with zero attached hydrogens (tertiary/aromatic N) is 4. The van der Waals surface area contributed by atoms with E-state index in [0.29, 0.717) is 46.6 Å². The summed E-state index contributed by atoms with van der Waals surface area (Å²) >= 11 is 0. The van der Waals surface area contributed by atoms with Gasteiger partial charge >= 0.3 is 5.69 Å². The Kier molecular flexibility index (Phi) is 4.79. The Morgan fingerprint density at radius 3 is 2.48 bits per heavy atom.